The first-order valence-corrected chi connectivity index (χ1v) is 12.6. The summed E-state index contributed by atoms with van der Waals surface area (Å²) in [5, 5.41) is 19.7. The average Bonchev–Trinajstić information content (AvgIpc) is 2.67. The van der Waals surface area contributed by atoms with Crippen LogP contribution >= 0.6 is 0 Å². The van der Waals surface area contributed by atoms with Crippen LogP contribution in [-0.2, 0) is 9.59 Å². The van der Waals surface area contributed by atoms with E-state index in [1.165, 1.54) is 38.5 Å². The molecule has 1 aliphatic carbocycles. The van der Waals surface area contributed by atoms with E-state index in [9.17, 15) is 19.8 Å². The SMILES string of the molecule is CC(C)CCCCCCC1CC(C(=O)O)CCC1(CCCCCCC(C)C)C(=O)O. The third kappa shape index (κ3) is 9.39. The fourth-order valence-corrected chi connectivity index (χ4v) is 5.30. The highest BCUT2D eigenvalue weighted by atomic mass is 16.4. The molecule has 0 spiro atoms. The molecular formula is C26H48O4. The van der Waals surface area contributed by atoms with Gasteiger partial charge < -0.3 is 10.2 Å². The molecule has 1 saturated carbocycles. The maximum Gasteiger partial charge on any atom is 0.309 e. The van der Waals surface area contributed by atoms with Crippen LogP contribution in [0.4, 0.5) is 0 Å². The Morgan fingerprint density at radius 2 is 1.37 bits per heavy atom. The van der Waals surface area contributed by atoms with Gasteiger partial charge in [-0.2, -0.15) is 0 Å². The largest absolute Gasteiger partial charge is 0.481 e. The van der Waals surface area contributed by atoms with E-state index < -0.39 is 17.4 Å². The van der Waals surface area contributed by atoms with Crippen molar-refractivity contribution in [1.29, 1.82) is 0 Å². The van der Waals surface area contributed by atoms with E-state index in [1.54, 1.807) is 0 Å². The Bertz CT molecular complexity index is 499. The van der Waals surface area contributed by atoms with Crippen molar-refractivity contribution in [3.05, 3.63) is 0 Å². The summed E-state index contributed by atoms with van der Waals surface area (Å²) >= 11 is 0. The van der Waals surface area contributed by atoms with Crippen molar-refractivity contribution in [2.45, 2.75) is 124 Å². The van der Waals surface area contributed by atoms with Crippen molar-refractivity contribution in [3.8, 4) is 0 Å². The Kier molecular flexibility index (Phi) is 12.7. The Morgan fingerprint density at radius 1 is 0.833 bits per heavy atom. The van der Waals surface area contributed by atoms with Crippen LogP contribution in [0.2, 0.25) is 0 Å². The van der Waals surface area contributed by atoms with Crippen LogP contribution in [-0.4, -0.2) is 22.2 Å². The fourth-order valence-electron chi connectivity index (χ4n) is 5.30. The molecule has 4 nitrogen and oxygen atoms in total. The molecule has 0 aromatic rings. The second kappa shape index (κ2) is 14.1. The summed E-state index contributed by atoms with van der Waals surface area (Å²) < 4.78 is 0. The Morgan fingerprint density at radius 3 is 1.87 bits per heavy atom. The first kappa shape index (κ1) is 27.0. The third-order valence-electron chi connectivity index (χ3n) is 7.30. The number of unbranched alkanes of at least 4 members (excludes halogenated alkanes) is 6. The van der Waals surface area contributed by atoms with Gasteiger partial charge in [0.15, 0.2) is 0 Å². The minimum absolute atomic E-state index is 0.00520. The van der Waals surface area contributed by atoms with Gasteiger partial charge in [-0.15, -0.1) is 0 Å². The smallest absolute Gasteiger partial charge is 0.309 e. The highest BCUT2D eigenvalue weighted by molar-refractivity contribution is 5.76. The molecule has 176 valence electrons. The van der Waals surface area contributed by atoms with E-state index >= 15 is 0 Å². The van der Waals surface area contributed by atoms with Gasteiger partial charge in [-0.25, -0.2) is 0 Å². The van der Waals surface area contributed by atoms with Crippen LogP contribution < -0.4 is 0 Å². The molecule has 0 radical (unpaired) electrons. The van der Waals surface area contributed by atoms with Crippen molar-refractivity contribution in [2.75, 3.05) is 0 Å². The number of rotatable bonds is 16. The predicted molar refractivity (Wildman–Crippen MR) is 124 cm³/mol. The van der Waals surface area contributed by atoms with Crippen LogP contribution in [0.1, 0.15) is 124 Å². The lowest BCUT2D eigenvalue weighted by atomic mass is 9.59. The summed E-state index contributed by atoms with van der Waals surface area (Å²) in [7, 11) is 0. The molecule has 2 N–H and O–H groups in total. The lowest BCUT2D eigenvalue weighted by Crippen LogP contribution is -2.44. The number of hydrogen-bond acceptors (Lipinski definition) is 2. The minimum Gasteiger partial charge on any atom is -0.481 e. The van der Waals surface area contributed by atoms with E-state index in [-0.39, 0.29) is 11.8 Å². The van der Waals surface area contributed by atoms with Crippen molar-refractivity contribution in [3.63, 3.8) is 0 Å². The van der Waals surface area contributed by atoms with Crippen LogP contribution in [0, 0.1) is 29.1 Å². The van der Waals surface area contributed by atoms with Crippen molar-refractivity contribution in [2.24, 2.45) is 29.1 Å². The van der Waals surface area contributed by atoms with Crippen molar-refractivity contribution >= 4 is 11.9 Å². The molecule has 0 saturated heterocycles. The molecule has 1 aliphatic rings. The van der Waals surface area contributed by atoms with Gasteiger partial charge in [0, 0.05) is 0 Å². The van der Waals surface area contributed by atoms with Crippen molar-refractivity contribution in [1.82, 2.24) is 0 Å². The second-order valence-corrected chi connectivity index (χ2v) is 10.7. The molecule has 3 atom stereocenters. The van der Waals surface area contributed by atoms with Gasteiger partial charge in [-0.3, -0.25) is 9.59 Å². The van der Waals surface area contributed by atoms with Gasteiger partial charge in [0.25, 0.3) is 0 Å². The molecule has 0 bridgehead atoms. The first-order chi connectivity index (χ1) is 14.2. The van der Waals surface area contributed by atoms with E-state index in [1.807, 2.05) is 0 Å². The van der Waals surface area contributed by atoms with Crippen LogP contribution in [0.15, 0.2) is 0 Å². The Balaban J connectivity index is 2.63. The molecule has 4 heteroatoms. The van der Waals surface area contributed by atoms with Gasteiger partial charge in [-0.05, 0) is 49.9 Å². The average molecular weight is 425 g/mol. The maximum absolute atomic E-state index is 12.4. The van der Waals surface area contributed by atoms with Crippen molar-refractivity contribution < 1.29 is 19.8 Å². The molecular weight excluding hydrogens is 376 g/mol. The number of aliphatic carboxylic acids is 2. The molecule has 30 heavy (non-hydrogen) atoms. The highest BCUT2D eigenvalue weighted by Crippen LogP contribution is 2.49. The van der Waals surface area contributed by atoms with Gasteiger partial charge in [0.05, 0.1) is 11.3 Å². The van der Waals surface area contributed by atoms with E-state index in [4.69, 9.17) is 0 Å². The Hall–Kier alpha value is -1.06. The lowest BCUT2D eigenvalue weighted by Gasteiger charge is -2.43. The van der Waals surface area contributed by atoms with E-state index in [2.05, 4.69) is 27.7 Å². The summed E-state index contributed by atoms with van der Waals surface area (Å²) in [6.07, 6.45) is 14.7. The third-order valence-corrected chi connectivity index (χ3v) is 7.30. The normalized spacial score (nSPS) is 24.5. The number of hydrogen-bond donors (Lipinski definition) is 2. The number of carboxylic acids is 2. The highest BCUT2D eigenvalue weighted by Gasteiger charge is 2.49. The van der Waals surface area contributed by atoms with Gasteiger partial charge in [-0.1, -0.05) is 91.9 Å². The summed E-state index contributed by atoms with van der Waals surface area (Å²) in [5.74, 6) is -0.325. The molecule has 1 rings (SSSR count). The molecule has 0 heterocycles. The molecule has 0 aromatic carbocycles. The predicted octanol–water partition coefficient (Wildman–Crippen LogP) is 7.55. The topological polar surface area (TPSA) is 74.6 Å². The summed E-state index contributed by atoms with van der Waals surface area (Å²) in [4.78, 5) is 24.0. The molecule has 1 fully saturated rings. The van der Waals surface area contributed by atoms with Crippen LogP contribution in [0.25, 0.3) is 0 Å². The molecule has 0 aliphatic heterocycles. The maximum atomic E-state index is 12.4. The van der Waals surface area contributed by atoms with Gasteiger partial charge in [0.2, 0.25) is 0 Å². The molecule has 3 unspecified atom stereocenters. The van der Waals surface area contributed by atoms with E-state index in [0.29, 0.717) is 25.7 Å². The minimum atomic E-state index is -0.746. The fraction of sp³-hybridized carbons (Fsp3) is 0.923. The summed E-state index contributed by atoms with van der Waals surface area (Å²) in [6.45, 7) is 8.98. The number of carboxylic acid groups (broad SMARTS) is 2. The van der Waals surface area contributed by atoms with Crippen LogP contribution in [0.3, 0.4) is 0 Å². The second-order valence-electron chi connectivity index (χ2n) is 10.7. The summed E-state index contributed by atoms with van der Waals surface area (Å²) in [6, 6.07) is 0. The number of carbonyl (C=O) groups is 2. The molecule has 0 aromatic heterocycles. The zero-order valence-corrected chi connectivity index (χ0v) is 20.1. The van der Waals surface area contributed by atoms with Crippen LogP contribution in [0.5, 0.6) is 0 Å². The van der Waals surface area contributed by atoms with E-state index in [0.717, 1.165) is 43.9 Å². The quantitative estimate of drug-likeness (QED) is 0.251. The standard InChI is InChI=1S/C26H48O4/c1-20(2)13-9-5-6-11-15-23-19-22(24(27)28)16-18-26(23,25(29)30)17-12-8-7-10-14-21(3)4/h20-23H,5-19H2,1-4H3,(H,27,28)(H,29,30). The zero-order valence-electron chi connectivity index (χ0n) is 20.1. The molecule has 0 amide bonds. The van der Waals surface area contributed by atoms with Gasteiger partial charge >= 0.3 is 11.9 Å². The Labute approximate surface area is 185 Å². The zero-order chi connectivity index (χ0) is 22.6. The summed E-state index contributed by atoms with van der Waals surface area (Å²) in [5.41, 5.74) is -0.706. The first-order valence-electron chi connectivity index (χ1n) is 12.6. The lowest BCUT2D eigenvalue weighted by molar-refractivity contribution is -0.161. The monoisotopic (exact) mass is 424 g/mol. The van der Waals surface area contributed by atoms with Gasteiger partial charge in [0.1, 0.15) is 0 Å².